The smallest absolute Gasteiger partial charge is 0.255 e. The maximum atomic E-state index is 12.9. The Bertz CT molecular complexity index is 735. The van der Waals surface area contributed by atoms with Gasteiger partial charge in [-0.15, -0.1) is 0 Å². The van der Waals surface area contributed by atoms with Gasteiger partial charge in [0, 0.05) is 52.0 Å². The molecular formula is C23H32N4O. The summed E-state index contributed by atoms with van der Waals surface area (Å²) < 4.78 is 0. The van der Waals surface area contributed by atoms with Crippen molar-refractivity contribution in [3.63, 3.8) is 0 Å². The monoisotopic (exact) mass is 380 g/mol. The quantitative estimate of drug-likeness (QED) is 0.701. The second kappa shape index (κ2) is 10.2. The van der Waals surface area contributed by atoms with E-state index in [1.165, 1.54) is 5.56 Å². The Kier molecular flexibility index (Phi) is 7.43. The fraction of sp³-hybridized carbons (Fsp3) is 0.478. The third-order valence-corrected chi connectivity index (χ3v) is 5.23. The van der Waals surface area contributed by atoms with Gasteiger partial charge in [-0.2, -0.15) is 0 Å². The SMILES string of the molecule is CCCN(CCC)C(=O)c1cncc(N2CCN(Cc3ccccc3)CC2)c1. The first-order valence-electron chi connectivity index (χ1n) is 10.5. The highest BCUT2D eigenvalue weighted by Crippen LogP contribution is 2.19. The standard InChI is InChI=1S/C23H32N4O/c1-3-10-27(11-4-2)23(28)21-16-22(18-24-17-21)26-14-12-25(13-15-26)19-20-8-6-5-7-9-20/h5-9,16-18H,3-4,10-15,19H2,1-2H3. The second-order valence-corrected chi connectivity index (χ2v) is 7.47. The Balaban J connectivity index is 1.60. The molecule has 0 spiro atoms. The highest BCUT2D eigenvalue weighted by molar-refractivity contribution is 5.94. The van der Waals surface area contributed by atoms with Gasteiger partial charge in [0.2, 0.25) is 0 Å². The van der Waals surface area contributed by atoms with E-state index in [0.717, 1.165) is 64.3 Å². The third-order valence-electron chi connectivity index (χ3n) is 5.23. The van der Waals surface area contributed by atoms with Gasteiger partial charge in [-0.3, -0.25) is 14.7 Å². The molecular weight excluding hydrogens is 348 g/mol. The summed E-state index contributed by atoms with van der Waals surface area (Å²) in [6.45, 7) is 10.8. The largest absolute Gasteiger partial charge is 0.368 e. The molecule has 1 aliphatic rings. The van der Waals surface area contributed by atoms with Crippen LogP contribution in [0, 0.1) is 0 Å². The van der Waals surface area contributed by atoms with Crippen molar-refractivity contribution in [1.29, 1.82) is 0 Å². The van der Waals surface area contributed by atoms with E-state index < -0.39 is 0 Å². The number of anilines is 1. The van der Waals surface area contributed by atoms with Gasteiger partial charge in [0.05, 0.1) is 17.4 Å². The molecule has 0 unspecified atom stereocenters. The molecule has 0 atom stereocenters. The van der Waals surface area contributed by atoms with Gasteiger partial charge in [-0.1, -0.05) is 44.2 Å². The molecule has 0 N–H and O–H groups in total. The van der Waals surface area contributed by atoms with Crippen molar-refractivity contribution >= 4 is 11.6 Å². The molecule has 2 aromatic rings. The summed E-state index contributed by atoms with van der Waals surface area (Å²) in [6, 6.07) is 12.6. The van der Waals surface area contributed by atoms with Crippen LogP contribution in [0.4, 0.5) is 5.69 Å². The Hall–Kier alpha value is -2.40. The average Bonchev–Trinajstić information content (AvgIpc) is 2.74. The molecule has 1 aromatic heterocycles. The molecule has 150 valence electrons. The number of hydrogen-bond donors (Lipinski definition) is 0. The van der Waals surface area contributed by atoms with E-state index in [-0.39, 0.29) is 5.91 Å². The number of rotatable bonds is 8. The van der Waals surface area contributed by atoms with Gasteiger partial charge >= 0.3 is 0 Å². The van der Waals surface area contributed by atoms with E-state index >= 15 is 0 Å². The molecule has 0 radical (unpaired) electrons. The number of aromatic nitrogens is 1. The van der Waals surface area contributed by atoms with Crippen LogP contribution in [0.5, 0.6) is 0 Å². The van der Waals surface area contributed by atoms with E-state index in [9.17, 15) is 4.79 Å². The molecule has 5 heteroatoms. The van der Waals surface area contributed by atoms with E-state index in [0.29, 0.717) is 5.56 Å². The fourth-order valence-electron chi connectivity index (χ4n) is 3.76. The Morgan fingerprint density at radius 1 is 1.00 bits per heavy atom. The van der Waals surface area contributed by atoms with Gasteiger partial charge in [0.15, 0.2) is 0 Å². The van der Waals surface area contributed by atoms with Gasteiger partial charge in [-0.25, -0.2) is 0 Å². The molecule has 3 rings (SSSR count). The zero-order chi connectivity index (χ0) is 19.8. The number of piperazine rings is 1. The second-order valence-electron chi connectivity index (χ2n) is 7.47. The summed E-state index contributed by atoms with van der Waals surface area (Å²) in [5, 5.41) is 0. The van der Waals surface area contributed by atoms with Crippen molar-refractivity contribution in [2.45, 2.75) is 33.2 Å². The average molecular weight is 381 g/mol. The summed E-state index contributed by atoms with van der Waals surface area (Å²) in [7, 11) is 0. The molecule has 2 heterocycles. The first-order chi connectivity index (χ1) is 13.7. The maximum Gasteiger partial charge on any atom is 0.255 e. The van der Waals surface area contributed by atoms with Crippen LogP contribution in [-0.4, -0.2) is 60.0 Å². The zero-order valence-corrected chi connectivity index (χ0v) is 17.2. The van der Waals surface area contributed by atoms with Gasteiger partial charge in [-0.05, 0) is 24.5 Å². The van der Waals surface area contributed by atoms with Gasteiger partial charge in [0.1, 0.15) is 0 Å². The molecule has 1 aromatic carbocycles. The van der Waals surface area contributed by atoms with Crippen LogP contribution >= 0.6 is 0 Å². The summed E-state index contributed by atoms with van der Waals surface area (Å²) in [6.07, 6.45) is 5.54. The molecule has 1 fully saturated rings. The van der Waals surface area contributed by atoms with Crippen LogP contribution in [0.15, 0.2) is 48.8 Å². The highest BCUT2D eigenvalue weighted by Gasteiger charge is 2.20. The fourth-order valence-corrected chi connectivity index (χ4v) is 3.76. The summed E-state index contributed by atoms with van der Waals surface area (Å²) in [4.78, 5) is 24.0. The van der Waals surface area contributed by atoms with E-state index in [1.54, 1.807) is 6.20 Å². The zero-order valence-electron chi connectivity index (χ0n) is 17.2. The number of pyridine rings is 1. The Morgan fingerprint density at radius 2 is 1.68 bits per heavy atom. The van der Waals surface area contributed by atoms with Crippen LogP contribution in [0.3, 0.4) is 0 Å². The predicted molar refractivity (Wildman–Crippen MR) is 115 cm³/mol. The van der Waals surface area contributed by atoms with E-state index in [1.807, 2.05) is 17.2 Å². The van der Waals surface area contributed by atoms with Crippen molar-refractivity contribution in [2.24, 2.45) is 0 Å². The first-order valence-corrected chi connectivity index (χ1v) is 10.5. The summed E-state index contributed by atoms with van der Waals surface area (Å²) in [5.41, 5.74) is 3.11. The van der Waals surface area contributed by atoms with Gasteiger partial charge < -0.3 is 9.80 Å². The predicted octanol–water partition coefficient (Wildman–Crippen LogP) is 3.67. The number of carbonyl (C=O) groups excluding carboxylic acids is 1. The molecule has 0 saturated carbocycles. The van der Waals surface area contributed by atoms with Crippen molar-refractivity contribution in [1.82, 2.24) is 14.8 Å². The molecule has 0 aliphatic carbocycles. The molecule has 5 nitrogen and oxygen atoms in total. The lowest BCUT2D eigenvalue weighted by Crippen LogP contribution is -2.46. The topological polar surface area (TPSA) is 39.7 Å². The first kappa shape index (κ1) is 20.3. The van der Waals surface area contributed by atoms with E-state index in [4.69, 9.17) is 0 Å². The van der Waals surface area contributed by atoms with E-state index in [2.05, 4.69) is 59.0 Å². The van der Waals surface area contributed by atoms with Crippen LogP contribution in [0.25, 0.3) is 0 Å². The van der Waals surface area contributed by atoms with Gasteiger partial charge in [0.25, 0.3) is 5.91 Å². The molecule has 28 heavy (non-hydrogen) atoms. The normalized spacial score (nSPS) is 14.9. The van der Waals surface area contributed by atoms with Crippen LogP contribution in [-0.2, 0) is 6.54 Å². The Morgan fingerprint density at radius 3 is 2.32 bits per heavy atom. The molecule has 1 saturated heterocycles. The van der Waals surface area contributed by atoms with Crippen LogP contribution in [0.2, 0.25) is 0 Å². The molecule has 0 bridgehead atoms. The van der Waals surface area contributed by atoms with Crippen molar-refractivity contribution in [2.75, 3.05) is 44.2 Å². The summed E-state index contributed by atoms with van der Waals surface area (Å²) >= 11 is 0. The minimum atomic E-state index is 0.0979. The lowest BCUT2D eigenvalue weighted by molar-refractivity contribution is 0.0755. The number of hydrogen-bond acceptors (Lipinski definition) is 4. The number of amides is 1. The van der Waals surface area contributed by atoms with Crippen molar-refractivity contribution in [3.05, 3.63) is 59.9 Å². The highest BCUT2D eigenvalue weighted by atomic mass is 16.2. The van der Waals surface area contributed by atoms with Crippen LogP contribution in [0.1, 0.15) is 42.6 Å². The number of nitrogens with zero attached hydrogens (tertiary/aromatic N) is 4. The lowest BCUT2D eigenvalue weighted by Gasteiger charge is -2.36. The lowest BCUT2D eigenvalue weighted by atomic mass is 10.1. The van der Waals surface area contributed by atoms with Crippen molar-refractivity contribution < 1.29 is 4.79 Å². The number of benzene rings is 1. The molecule has 1 aliphatic heterocycles. The summed E-state index contributed by atoms with van der Waals surface area (Å²) in [5.74, 6) is 0.0979. The third kappa shape index (κ3) is 5.32. The minimum Gasteiger partial charge on any atom is -0.368 e. The van der Waals surface area contributed by atoms with Crippen LogP contribution < -0.4 is 4.90 Å². The minimum absolute atomic E-state index is 0.0979. The van der Waals surface area contributed by atoms with Crippen molar-refractivity contribution in [3.8, 4) is 0 Å². The molecule has 1 amide bonds. The Labute approximate surface area is 169 Å². The maximum absolute atomic E-state index is 12.9. The number of carbonyl (C=O) groups is 1.